The van der Waals surface area contributed by atoms with Crippen molar-refractivity contribution in [2.75, 3.05) is 5.88 Å². The summed E-state index contributed by atoms with van der Waals surface area (Å²) >= 11 is 11.4. The molecule has 0 aromatic rings. The molecule has 2 atom stereocenters. The molecule has 1 nitrogen and oxygen atoms in total. The van der Waals surface area contributed by atoms with Crippen molar-refractivity contribution in [2.24, 2.45) is 5.92 Å². The first-order chi connectivity index (χ1) is 5.65. The van der Waals surface area contributed by atoms with E-state index in [1.807, 2.05) is 6.08 Å². The van der Waals surface area contributed by atoms with E-state index in [1.54, 1.807) is 0 Å². The number of Topliss-reactive ketones (excluding diaryl/α,β-unsaturated/α-hetero) is 1. The molecule has 0 aliphatic heterocycles. The van der Waals surface area contributed by atoms with Crippen molar-refractivity contribution in [1.29, 1.82) is 0 Å². The van der Waals surface area contributed by atoms with Crippen molar-refractivity contribution >= 4 is 29.0 Å². The Hall–Kier alpha value is -0.0100. The molecular formula is C9H12Cl2O. The zero-order chi connectivity index (χ0) is 9.14. The Balaban J connectivity index is 2.70. The summed E-state index contributed by atoms with van der Waals surface area (Å²) in [6, 6.07) is 0. The van der Waals surface area contributed by atoms with Crippen LogP contribution in [0.15, 0.2) is 11.6 Å². The molecule has 1 aliphatic rings. The van der Waals surface area contributed by atoms with Crippen LogP contribution in [0.2, 0.25) is 0 Å². The van der Waals surface area contributed by atoms with E-state index in [1.165, 1.54) is 0 Å². The third-order valence-electron chi connectivity index (χ3n) is 2.13. The average molecular weight is 207 g/mol. The number of alkyl halides is 2. The van der Waals surface area contributed by atoms with Gasteiger partial charge in [-0.3, -0.25) is 4.79 Å². The van der Waals surface area contributed by atoms with E-state index in [0.717, 1.165) is 12.8 Å². The van der Waals surface area contributed by atoms with Gasteiger partial charge in [-0.05, 0) is 18.8 Å². The van der Waals surface area contributed by atoms with E-state index < -0.39 is 0 Å². The number of hydrogen-bond acceptors (Lipinski definition) is 1. The second-order valence-corrected chi connectivity index (χ2v) is 4.05. The molecule has 0 fully saturated rings. The minimum Gasteiger partial charge on any atom is -0.293 e. The first kappa shape index (κ1) is 10.1. The lowest BCUT2D eigenvalue weighted by Crippen LogP contribution is -2.20. The maximum Gasteiger partial charge on any atom is 0.174 e. The van der Waals surface area contributed by atoms with Gasteiger partial charge < -0.3 is 0 Å². The van der Waals surface area contributed by atoms with Crippen LogP contribution in [0.1, 0.15) is 19.8 Å². The first-order valence-corrected chi connectivity index (χ1v) is 5.05. The van der Waals surface area contributed by atoms with Gasteiger partial charge in [-0.1, -0.05) is 13.0 Å². The van der Waals surface area contributed by atoms with Gasteiger partial charge in [-0.2, -0.15) is 0 Å². The Morgan fingerprint density at radius 3 is 2.92 bits per heavy atom. The van der Waals surface area contributed by atoms with Crippen molar-refractivity contribution < 1.29 is 4.79 Å². The van der Waals surface area contributed by atoms with E-state index in [2.05, 4.69) is 6.92 Å². The number of carbonyl (C=O) groups excluding carboxylic acids is 1. The Kier molecular flexibility index (Phi) is 3.60. The van der Waals surface area contributed by atoms with Gasteiger partial charge in [-0.25, -0.2) is 0 Å². The number of allylic oxidation sites excluding steroid dienone is 2. The van der Waals surface area contributed by atoms with Crippen LogP contribution in [0.25, 0.3) is 0 Å². The fraction of sp³-hybridized carbons (Fsp3) is 0.667. The molecule has 0 N–H and O–H groups in total. The number of ketones is 1. The van der Waals surface area contributed by atoms with Crippen LogP contribution in [0.4, 0.5) is 0 Å². The minimum atomic E-state index is -0.125. The summed E-state index contributed by atoms with van der Waals surface area (Å²) in [5.74, 6) is 0.603. The molecule has 0 heterocycles. The topological polar surface area (TPSA) is 17.1 Å². The highest BCUT2D eigenvalue weighted by Crippen LogP contribution is 2.28. The van der Waals surface area contributed by atoms with Crippen LogP contribution in [0.3, 0.4) is 0 Å². The maximum absolute atomic E-state index is 11.2. The molecule has 1 rings (SSSR count). The highest BCUT2D eigenvalue weighted by atomic mass is 35.5. The second kappa shape index (κ2) is 4.29. The summed E-state index contributed by atoms with van der Waals surface area (Å²) in [4.78, 5) is 11.2. The van der Waals surface area contributed by atoms with E-state index >= 15 is 0 Å². The smallest absolute Gasteiger partial charge is 0.174 e. The van der Waals surface area contributed by atoms with Crippen molar-refractivity contribution in [2.45, 2.75) is 25.1 Å². The largest absolute Gasteiger partial charge is 0.293 e. The summed E-state index contributed by atoms with van der Waals surface area (Å²) in [5.41, 5.74) is 0.713. The molecule has 0 aromatic carbocycles. The van der Waals surface area contributed by atoms with Crippen molar-refractivity contribution in [3.8, 4) is 0 Å². The lowest BCUT2D eigenvalue weighted by Gasteiger charge is -2.21. The van der Waals surface area contributed by atoms with Crippen molar-refractivity contribution in [3.63, 3.8) is 0 Å². The van der Waals surface area contributed by atoms with Gasteiger partial charge in [0.2, 0.25) is 0 Å². The van der Waals surface area contributed by atoms with Gasteiger partial charge in [0.05, 0.1) is 11.3 Å². The summed E-state index contributed by atoms with van der Waals surface area (Å²) in [5, 5.41) is -0.125. The Morgan fingerprint density at radius 1 is 1.75 bits per heavy atom. The molecule has 0 amide bonds. The molecular weight excluding hydrogens is 195 g/mol. The molecule has 1 aliphatic carbocycles. The fourth-order valence-electron chi connectivity index (χ4n) is 1.40. The maximum atomic E-state index is 11.2. The molecule has 0 aromatic heterocycles. The Bertz CT molecular complexity index is 211. The summed E-state index contributed by atoms with van der Waals surface area (Å²) in [6.07, 6.45) is 3.76. The quantitative estimate of drug-likeness (QED) is 0.636. The molecule has 2 unspecified atom stereocenters. The third-order valence-corrected chi connectivity index (χ3v) is 2.79. The second-order valence-electron chi connectivity index (χ2n) is 3.26. The summed E-state index contributed by atoms with van der Waals surface area (Å²) < 4.78 is 0. The van der Waals surface area contributed by atoms with Crippen LogP contribution in [0, 0.1) is 5.92 Å². The zero-order valence-electron chi connectivity index (χ0n) is 7.02. The SMILES string of the molecule is CC1CC=C(C(=O)CCl)C(Cl)C1. The minimum absolute atomic E-state index is 0.0245. The molecule has 0 saturated heterocycles. The van der Waals surface area contributed by atoms with Gasteiger partial charge in [0, 0.05) is 5.57 Å². The molecule has 0 bridgehead atoms. The standard InChI is InChI=1S/C9H12Cl2O/c1-6-2-3-7(8(11)4-6)9(12)5-10/h3,6,8H,2,4-5H2,1H3. The lowest BCUT2D eigenvalue weighted by atomic mass is 9.89. The van der Waals surface area contributed by atoms with Gasteiger partial charge in [-0.15, -0.1) is 23.2 Å². The first-order valence-electron chi connectivity index (χ1n) is 4.08. The highest BCUT2D eigenvalue weighted by molar-refractivity contribution is 6.33. The predicted molar refractivity (Wildman–Crippen MR) is 51.8 cm³/mol. The van der Waals surface area contributed by atoms with Gasteiger partial charge in [0.15, 0.2) is 5.78 Å². The molecule has 0 spiro atoms. The number of halogens is 2. The van der Waals surface area contributed by atoms with Gasteiger partial charge in [0.1, 0.15) is 0 Å². The molecule has 68 valence electrons. The zero-order valence-corrected chi connectivity index (χ0v) is 8.53. The molecule has 3 heteroatoms. The summed E-state index contributed by atoms with van der Waals surface area (Å²) in [7, 11) is 0. The van der Waals surface area contributed by atoms with Crippen molar-refractivity contribution in [1.82, 2.24) is 0 Å². The lowest BCUT2D eigenvalue weighted by molar-refractivity contribution is -0.113. The Morgan fingerprint density at radius 2 is 2.42 bits per heavy atom. The molecule has 0 saturated carbocycles. The fourth-order valence-corrected chi connectivity index (χ4v) is 2.07. The van der Waals surface area contributed by atoms with E-state index in [-0.39, 0.29) is 17.0 Å². The van der Waals surface area contributed by atoms with Crippen LogP contribution in [0.5, 0.6) is 0 Å². The number of hydrogen-bond donors (Lipinski definition) is 0. The average Bonchev–Trinajstić information content (AvgIpc) is 2.03. The molecule has 12 heavy (non-hydrogen) atoms. The van der Waals surface area contributed by atoms with E-state index in [9.17, 15) is 4.79 Å². The van der Waals surface area contributed by atoms with Crippen molar-refractivity contribution in [3.05, 3.63) is 11.6 Å². The van der Waals surface area contributed by atoms with E-state index in [4.69, 9.17) is 23.2 Å². The predicted octanol–water partition coefficient (Wildman–Crippen LogP) is 2.76. The van der Waals surface area contributed by atoms with Crippen LogP contribution in [-0.2, 0) is 4.79 Å². The van der Waals surface area contributed by atoms with Crippen LogP contribution in [-0.4, -0.2) is 17.0 Å². The normalized spacial score (nSPS) is 29.8. The van der Waals surface area contributed by atoms with Crippen LogP contribution >= 0.6 is 23.2 Å². The molecule has 0 radical (unpaired) electrons. The third kappa shape index (κ3) is 2.24. The summed E-state index contributed by atoms with van der Waals surface area (Å²) in [6.45, 7) is 2.13. The van der Waals surface area contributed by atoms with Crippen LogP contribution < -0.4 is 0 Å². The van der Waals surface area contributed by atoms with Gasteiger partial charge >= 0.3 is 0 Å². The highest BCUT2D eigenvalue weighted by Gasteiger charge is 2.23. The number of rotatable bonds is 2. The Labute approximate surface area is 82.7 Å². The monoisotopic (exact) mass is 206 g/mol. The number of carbonyl (C=O) groups is 1. The van der Waals surface area contributed by atoms with E-state index in [0.29, 0.717) is 11.5 Å². The van der Waals surface area contributed by atoms with Gasteiger partial charge in [0.25, 0.3) is 0 Å².